The van der Waals surface area contributed by atoms with Gasteiger partial charge in [0.1, 0.15) is 18.1 Å². The summed E-state index contributed by atoms with van der Waals surface area (Å²) in [4.78, 5) is 128. The summed E-state index contributed by atoms with van der Waals surface area (Å²) in [6.07, 6.45) is 1.83. The van der Waals surface area contributed by atoms with E-state index in [0.717, 1.165) is 16.3 Å². The van der Waals surface area contributed by atoms with Crippen LogP contribution in [0.25, 0.3) is 10.8 Å². The zero-order valence-electron chi connectivity index (χ0n) is 41.6. The number of carboxylic acid groups (broad SMARTS) is 6. The number of benzene rings is 2. The SMILES string of the molecule is O=C([O-])CN1CCN(CC(=O)[O-])CCN(CC(=O)NCC2CCC(C(=O)NC(Cc3ccc4ccccc4c3)C(=O)NCCCCC(NC(=O)NC(CCC(=O)O)C(=O)O)C(=O)O)CC2)CCN(CC(=O)[O-])CC1.[Lu+3]. The second-order valence-corrected chi connectivity index (χ2v) is 18.8. The summed E-state index contributed by atoms with van der Waals surface area (Å²) in [5.74, 6) is -9.56. The van der Waals surface area contributed by atoms with Crippen molar-refractivity contribution in [2.24, 2.45) is 11.8 Å². The molecule has 2 aromatic carbocycles. The van der Waals surface area contributed by atoms with Crippen LogP contribution >= 0.6 is 0 Å². The zero-order chi connectivity index (χ0) is 54.2. The number of hydrogen-bond donors (Lipinski definition) is 8. The Morgan fingerprint density at radius 1 is 0.573 bits per heavy atom. The summed E-state index contributed by atoms with van der Waals surface area (Å²) in [5.41, 5.74) is 0.796. The Bertz CT molecular complexity index is 2240. The fourth-order valence-corrected chi connectivity index (χ4v) is 8.95. The van der Waals surface area contributed by atoms with E-state index in [-0.39, 0.29) is 146 Å². The quantitative estimate of drug-likeness (QED) is 0.0392. The third-order valence-corrected chi connectivity index (χ3v) is 13.1. The third kappa shape index (κ3) is 24.7. The van der Waals surface area contributed by atoms with Crippen LogP contribution in [-0.4, -0.2) is 204 Å². The number of aliphatic carboxylic acids is 6. The number of carboxylic acids is 6. The third-order valence-electron chi connectivity index (χ3n) is 13.1. The second-order valence-electron chi connectivity index (χ2n) is 18.8. The summed E-state index contributed by atoms with van der Waals surface area (Å²) in [5, 5.41) is 77.2. The number of carbonyl (C=O) groups is 10. The van der Waals surface area contributed by atoms with Gasteiger partial charge in [0.15, 0.2) is 0 Å². The molecule has 8 N–H and O–H groups in total. The molecule has 420 valence electrons. The minimum atomic E-state index is -1.56. The van der Waals surface area contributed by atoms with E-state index < -0.39 is 104 Å². The zero-order valence-corrected chi connectivity index (χ0v) is 43.3. The molecule has 5 amide bonds. The van der Waals surface area contributed by atoms with Gasteiger partial charge in [-0.15, -0.1) is 0 Å². The molecule has 1 heterocycles. The van der Waals surface area contributed by atoms with Crippen molar-refractivity contribution >= 4 is 70.3 Å². The number of rotatable bonds is 27. The number of fused-ring (bicyclic) bond motifs is 1. The first-order chi connectivity index (χ1) is 35.2. The molecule has 1 aliphatic heterocycles. The average molecular weight is 1210 g/mol. The van der Waals surface area contributed by atoms with E-state index in [2.05, 4.69) is 26.6 Å². The van der Waals surface area contributed by atoms with Crippen LogP contribution in [0.5, 0.6) is 0 Å². The van der Waals surface area contributed by atoms with Crippen molar-refractivity contribution in [3.63, 3.8) is 0 Å². The number of nitrogens with zero attached hydrogens (tertiary/aromatic N) is 4. The predicted octanol–water partition coefficient (Wildman–Crippen LogP) is -4.38. The molecule has 4 rings (SSSR count). The summed E-state index contributed by atoms with van der Waals surface area (Å²) < 4.78 is 0. The number of carbonyl (C=O) groups excluding carboxylic acids is 7. The van der Waals surface area contributed by atoms with Gasteiger partial charge >= 0.3 is 60.8 Å². The van der Waals surface area contributed by atoms with Gasteiger partial charge in [0.2, 0.25) is 17.7 Å². The van der Waals surface area contributed by atoms with Crippen molar-refractivity contribution in [1.29, 1.82) is 0 Å². The molecule has 75 heavy (non-hydrogen) atoms. The Balaban J connectivity index is 0.0000148. The molecule has 1 saturated heterocycles. The largest absolute Gasteiger partial charge is 3.00 e. The molecule has 1 aliphatic carbocycles. The molecule has 25 nitrogen and oxygen atoms in total. The normalized spacial score (nSPS) is 18.5. The Labute approximate surface area is 463 Å². The van der Waals surface area contributed by atoms with Gasteiger partial charge in [0.05, 0.1) is 24.5 Å². The number of amides is 5. The number of unbranched alkanes of at least 4 members (excludes halogenated alkanes) is 1. The van der Waals surface area contributed by atoms with Gasteiger partial charge in [-0.1, -0.05) is 42.5 Å². The Morgan fingerprint density at radius 2 is 1.07 bits per heavy atom. The molecule has 0 bridgehead atoms. The monoisotopic (exact) mass is 1210 g/mol. The molecular weight excluding hydrogens is 1150 g/mol. The van der Waals surface area contributed by atoms with Gasteiger partial charge in [-0.05, 0) is 73.6 Å². The molecule has 0 aromatic heterocycles. The molecule has 0 spiro atoms. The summed E-state index contributed by atoms with van der Waals surface area (Å²) in [7, 11) is 0. The number of hydrogen-bond acceptors (Lipinski definition) is 17. The second kappa shape index (κ2) is 33.3. The van der Waals surface area contributed by atoms with E-state index in [4.69, 9.17) is 5.11 Å². The standard InChI is InChI=1S/C49H71N9O16.Lu/c59-40(28-55-17-19-56(29-42(62)63)21-23-58(31-44(66)67)24-22-57(20-18-55)30-43(64)65)51-27-32-8-12-35(13-9-32)45(68)52-39(26-33-10-11-34-5-1-2-6-36(34)25-33)46(69)50-16-4-3-7-37(47(70)71)53-49(74)54-38(48(72)73)14-15-41(60)61;/h1-2,5-6,10-11,25,32,35,37-39H,3-4,7-9,12-24,26-31H2,(H,50,69)(H,51,59)(H,52,68)(H,60,61)(H,62,63)(H,64,65)(H,66,67)(H,70,71)(H,72,73)(H2,53,54,74);/q;+3/p-3. The average Bonchev–Trinajstić information content (AvgIpc) is 3.34. The van der Waals surface area contributed by atoms with Crippen LogP contribution in [0.1, 0.15) is 63.4 Å². The van der Waals surface area contributed by atoms with Gasteiger partial charge < -0.3 is 71.6 Å². The Kier molecular flexibility index (Phi) is 28.3. The molecule has 3 unspecified atom stereocenters. The van der Waals surface area contributed by atoms with Gasteiger partial charge in [0.25, 0.3) is 0 Å². The van der Waals surface area contributed by atoms with Gasteiger partial charge in [-0.25, -0.2) is 14.4 Å². The van der Waals surface area contributed by atoms with Crippen LogP contribution < -0.4 is 41.9 Å². The molecule has 1 saturated carbocycles. The minimum Gasteiger partial charge on any atom is -0.549 e. The number of nitrogens with one attached hydrogen (secondary N) is 5. The first kappa shape index (κ1) is 63.6. The minimum absolute atomic E-state index is 0. The van der Waals surface area contributed by atoms with Crippen LogP contribution in [0.3, 0.4) is 0 Å². The van der Waals surface area contributed by atoms with Crippen molar-refractivity contribution in [1.82, 2.24) is 46.2 Å². The maximum absolute atomic E-state index is 13.8. The van der Waals surface area contributed by atoms with E-state index in [1.54, 1.807) is 19.6 Å². The fraction of sp³-hybridized carbons (Fsp3) is 0.592. The van der Waals surface area contributed by atoms with Gasteiger partial charge in [-0.2, -0.15) is 0 Å². The first-order valence-corrected chi connectivity index (χ1v) is 24.8. The molecule has 3 atom stereocenters. The van der Waals surface area contributed by atoms with Gasteiger partial charge in [-0.3, -0.25) is 38.8 Å². The Hall–Kier alpha value is -5.73. The van der Waals surface area contributed by atoms with Crippen molar-refractivity contribution < 1.29 is 115 Å². The van der Waals surface area contributed by atoms with E-state index in [1.807, 2.05) is 42.5 Å². The van der Waals surface area contributed by atoms with Gasteiger partial charge in [0, 0.05) is 104 Å². The van der Waals surface area contributed by atoms with E-state index in [9.17, 15) is 73.5 Å². The topological polar surface area (TPSA) is 374 Å². The van der Waals surface area contributed by atoms with Crippen LogP contribution in [0.2, 0.25) is 0 Å². The maximum Gasteiger partial charge on any atom is 3.00 e. The van der Waals surface area contributed by atoms with E-state index >= 15 is 0 Å². The van der Waals surface area contributed by atoms with E-state index in [1.165, 1.54) is 0 Å². The van der Waals surface area contributed by atoms with Crippen molar-refractivity contribution in [3.8, 4) is 0 Å². The van der Waals surface area contributed by atoms with Crippen molar-refractivity contribution in [3.05, 3.63) is 48.0 Å². The predicted molar refractivity (Wildman–Crippen MR) is 257 cm³/mol. The number of urea groups is 1. The molecule has 26 heteroatoms. The maximum atomic E-state index is 13.8. The molecular formula is C49H68LuN9O16. The van der Waals surface area contributed by atoms with Crippen LogP contribution in [0.4, 0.5) is 4.79 Å². The Morgan fingerprint density at radius 3 is 1.56 bits per heavy atom. The molecule has 0 radical (unpaired) electrons. The summed E-state index contributed by atoms with van der Waals surface area (Å²) in [6.45, 7) is 0.673. The van der Waals surface area contributed by atoms with Crippen molar-refractivity contribution in [2.45, 2.75) is 82.3 Å². The first-order valence-electron chi connectivity index (χ1n) is 24.8. The van der Waals surface area contributed by atoms with Crippen LogP contribution in [-0.2, 0) is 49.6 Å². The van der Waals surface area contributed by atoms with Crippen LogP contribution in [0, 0.1) is 48.7 Å². The smallest absolute Gasteiger partial charge is 0.549 e. The van der Waals surface area contributed by atoms with E-state index in [0.29, 0.717) is 32.2 Å². The molecule has 2 aromatic rings. The summed E-state index contributed by atoms with van der Waals surface area (Å²) >= 11 is 0. The molecule has 2 fully saturated rings. The van der Waals surface area contributed by atoms with Crippen LogP contribution in [0.15, 0.2) is 42.5 Å². The summed E-state index contributed by atoms with van der Waals surface area (Å²) in [6, 6.07) is 8.38. The fourth-order valence-electron chi connectivity index (χ4n) is 8.95. The molecule has 2 aliphatic rings. The van der Waals surface area contributed by atoms with Crippen molar-refractivity contribution in [2.75, 3.05) is 91.6 Å².